The van der Waals surface area contributed by atoms with Gasteiger partial charge in [-0.05, 0) is 19.9 Å². The van der Waals surface area contributed by atoms with Crippen LogP contribution < -0.4 is 5.73 Å². The Morgan fingerprint density at radius 2 is 2.00 bits per heavy atom. The van der Waals surface area contributed by atoms with Gasteiger partial charge in [0.15, 0.2) is 0 Å². The summed E-state index contributed by atoms with van der Waals surface area (Å²) in [4.78, 5) is 0. The highest BCUT2D eigenvalue weighted by atomic mass is 19.3. The monoisotopic (exact) mass is 137 g/mol. The molecule has 0 rings (SSSR count). The molecule has 0 aliphatic rings. The topological polar surface area (TPSA) is 26.0 Å². The van der Waals surface area contributed by atoms with Crippen molar-refractivity contribution in [3.8, 4) is 0 Å². The van der Waals surface area contributed by atoms with E-state index in [1.54, 1.807) is 0 Å². The minimum Gasteiger partial charge on any atom is -0.330 e. The first-order valence-corrected chi connectivity index (χ1v) is 3.06. The SMILES string of the molecule is CC(CCN)C(C)(F)F. The number of halogens is 2. The third-order valence-electron chi connectivity index (χ3n) is 1.46. The summed E-state index contributed by atoms with van der Waals surface area (Å²) in [6.45, 7) is 2.77. The van der Waals surface area contributed by atoms with Crippen molar-refractivity contribution in [2.45, 2.75) is 26.2 Å². The maximum absolute atomic E-state index is 12.2. The van der Waals surface area contributed by atoms with E-state index in [0.717, 1.165) is 6.92 Å². The van der Waals surface area contributed by atoms with Crippen molar-refractivity contribution in [3.05, 3.63) is 0 Å². The van der Waals surface area contributed by atoms with Gasteiger partial charge in [0.25, 0.3) is 0 Å². The maximum atomic E-state index is 12.2. The zero-order valence-corrected chi connectivity index (χ0v) is 5.82. The molecule has 0 heterocycles. The predicted molar refractivity (Wildman–Crippen MR) is 33.5 cm³/mol. The molecule has 1 nitrogen and oxygen atoms in total. The molecule has 0 aliphatic heterocycles. The number of alkyl halides is 2. The molecule has 0 saturated heterocycles. The molecule has 1 atom stereocenters. The molecule has 0 aromatic rings. The first-order valence-electron chi connectivity index (χ1n) is 3.06. The summed E-state index contributed by atoms with van der Waals surface area (Å²) < 4.78 is 24.5. The van der Waals surface area contributed by atoms with Crippen LogP contribution in [0, 0.1) is 5.92 Å². The Balaban J connectivity index is 3.59. The molecular weight excluding hydrogens is 124 g/mol. The lowest BCUT2D eigenvalue weighted by atomic mass is 10.0. The Morgan fingerprint density at radius 1 is 1.56 bits per heavy atom. The molecule has 0 aromatic carbocycles. The Kier molecular flexibility index (Phi) is 3.04. The van der Waals surface area contributed by atoms with Crippen LogP contribution in [-0.2, 0) is 0 Å². The predicted octanol–water partition coefficient (Wildman–Crippen LogP) is 1.63. The number of hydrogen-bond donors (Lipinski definition) is 1. The third kappa shape index (κ3) is 3.40. The van der Waals surface area contributed by atoms with Crippen molar-refractivity contribution in [2.24, 2.45) is 11.7 Å². The van der Waals surface area contributed by atoms with Gasteiger partial charge in [-0.2, -0.15) is 0 Å². The highest BCUT2D eigenvalue weighted by Gasteiger charge is 2.28. The van der Waals surface area contributed by atoms with Crippen LogP contribution in [0.25, 0.3) is 0 Å². The zero-order valence-electron chi connectivity index (χ0n) is 5.82. The molecule has 0 radical (unpaired) electrons. The van der Waals surface area contributed by atoms with Crippen molar-refractivity contribution < 1.29 is 8.78 Å². The second kappa shape index (κ2) is 3.11. The molecule has 0 aliphatic carbocycles. The lowest BCUT2D eigenvalue weighted by molar-refractivity contribution is -0.0343. The van der Waals surface area contributed by atoms with Crippen LogP contribution in [0.5, 0.6) is 0 Å². The summed E-state index contributed by atoms with van der Waals surface area (Å²) in [6, 6.07) is 0. The summed E-state index contributed by atoms with van der Waals surface area (Å²) in [5.41, 5.74) is 5.09. The van der Waals surface area contributed by atoms with Crippen LogP contribution in [0.2, 0.25) is 0 Å². The van der Waals surface area contributed by atoms with Gasteiger partial charge in [0.2, 0.25) is 5.92 Å². The van der Waals surface area contributed by atoms with Gasteiger partial charge in [0.05, 0.1) is 0 Å². The molecule has 56 valence electrons. The quantitative estimate of drug-likeness (QED) is 0.628. The largest absolute Gasteiger partial charge is 0.330 e. The van der Waals surface area contributed by atoms with Gasteiger partial charge in [0.1, 0.15) is 0 Å². The molecule has 0 saturated carbocycles. The van der Waals surface area contributed by atoms with E-state index >= 15 is 0 Å². The van der Waals surface area contributed by atoms with E-state index in [2.05, 4.69) is 0 Å². The van der Waals surface area contributed by atoms with Gasteiger partial charge < -0.3 is 5.73 Å². The molecule has 0 amide bonds. The zero-order chi connectivity index (χ0) is 7.49. The Hall–Kier alpha value is -0.180. The summed E-state index contributed by atoms with van der Waals surface area (Å²) in [7, 11) is 0. The summed E-state index contributed by atoms with van der Waals surface area (Å²) in [5, 5.41) is 0. The molecule has 0 fully saturated rings. The fourth-order valence-corrected chi connectivity index (χ4v) is 0.503. The van der Waals surface area contributed by atoms with Gasteiger partial charge in [-0.25, -0.2) is 8.78 Å². The van der Waals surface area contributed by atoms with Crippen LogP contribution in [0.15, 0.2) is 0 Å². The molecule has 3 heteroatoms. The summed E-state index contributed by atoms with van der Waals surface area (Å²) in [6.07, 6.45) is 0.392. The smallest absolute Gasteiger partial charge is 0.247 e. The van der Waals surface area contributed by atoms with Gasteiger partial charge in [-0.3, -0.25) is 0 Å². The van der Waals surface area contributed by atoms with Crippen molar-refractivity contribution in [3.63, 3.8) is 0 Å². The van der Waals surface area contributed by atoms with Crippen LogP contribution in [0.1, 0.15) is 20.3 Å². The lowest BCUT2D eigenvalue weighted by Crippen LogP contribution is -2.23. The minimum absolute atomic E-state index is 0.338. The van der Waals surface area contributed by atoms with Gasteiger partial charge in [0, 0.05) is 5.92 Å². The molecule has 0 spiro atoms. The van der Waals surface area contributed by atoms with Crippen LogP contribution in [-0.4, -0.2) is 12.5 Å². The average Bonchev–Trinajstić information content (AvgIpc) is 1.64. The highest BCUT2D eigenvalue weighted by molar-refractivity contribution is 4.67. The third-order valence-corrected chi connectivity index (χ3v) is 1.46. The second-order valence-corrected chi connectivity index (χ2v) is 2.43. The number of rotatable bonds is 3. The first kappa shape index (κ1) is 8.82. The normalized spacial score (nSPS) is 15.7. The van der Waals surface area contributed by atoms with Gasteiger partial charge >= 0.3 is 0 Å². The van der Waals surface area contributed by atoms with E-state index in [4.69, 9.17) is 5.73 Å². The summed E-state index contributed by atoms with van der Waals surface area (Å²) >= 11 is 0. The molecule has 2 N–H and O–H groups in total. The second-order valence-electron chi connectivity index (χ2n) is 2.43. The van der Waals surface area contributed by atoms with Gasteiger partial charge in [-0.1, -0.05) is 6.92 Å². The first-order chi connectivity index (χ1) is 3.98. The Morgan fingerprint density at radius 3 is 2.11 bits per heavy atom. The van der Waals surface area contributed by atoms with Crippen LogP contribution in [0.3, 0.4) is 0 Å². The van der Waals surface area contributed by atoms with E-state index in [0.29, 0.717) is 13.0 Å². The van der Waals surface area contributed by atoms with E-state index in [1.165, 1.54) is 6.92 Å². The van der Waals surface area contributed by atoms with E-state index in [9.17, 15) is 8.78 Å². The molecular formula is C6H13F2N. The van der Waals surface area contributed by atoms with E-state index in [-0.39, 0.29) is 0 Å². The molecule has 0 bridgehead atoms. The Labute approximate surface area is 54.2 Å². The van der Waals surface area contributed by atoms with Crippen molar-refractivity contribution in [2.75, 3.05) is 6.54 Å². The maximum Gasteiger partial charge on any atom is 0.247 e. The van der Waals surface area contributed by atoms with Crippen molar-refractivity contribution in [1.29, 1.82) is 0 Å². The number of hydrogen-bond acceptors (Lipinski definition) is 1. The van der Waals surface area contributed by atoms with Crippen LogP contribution in [0.4, 0.5) is 8.78 Å². The Bertz CT molecular complexity index is 77.6. The van der Waals surface area contributed by atoms with Crippen molar-refractivity contribution in [1.82, 2.24) is 0 Å². The summed E-state index contributed by atoms with van der Waals surface area (Å²) in [5.74, 6) is -3.16. The minimum atomic E-state index is -2.57. The molecule has 0 aromatic heterocycles. The lowest BCUT2D eigenvalue weighted by Gasteiger charge is -2.17. The van der Waals surface area contributed by atoms with E-state index in [1.807, 2.05) is 0 Å². The fourth-order valence-electron chi connectivity index (χ4n) is 0.503. The average molecular weight is 137 g/mol. The standard InChI is InChI=1S/C6H13F2N/c1-5(3-4-9)6(2,7)8/h5H,3-4,9H2,1-2H3. The fraction of sp³-hybridized carbons (Fsp3) is 1.00. The highest BCUT2D eigenvalue weighted by Crippen LogP contribution is 2.24. The van der Waals surface area contributed by atoms with Crippen LogP contribution >= 0.6 is 0 Å². The van der Waals surface area contributed by atoms with Gasteiger partial charge in [-0.15, -0.1) is 0 Å². The number of nitrogens with two attached hydrogens (primary N) is 1. The molecule has 9 heavy (non-hydrogen) atoms. The van der Waals surface area contributed by atoms with Crippen molar-refractivity contribution >= 4 is 0 Å². The van der Waals surface area contributed by atoms with E-state index < -0.39 is 11.8 Å². The molecule has 1 unspecified atom stereocenters.